The van der Waals surface area contributed by atoms with Crippen molar-refractivity contribution in [3.05, 3.63) is 143 Å². The maximum atomic E-state index is 15.8. The molecule has 4 aliphatic rings. The number of carbonyl (C=O) groups excluding carboxylic acids is 7. The van der Waals surface area contributed by atoms with Crippen LogP contribution in [0.3, 0.4) is 0 Å². The van der Waals surface area contributed by atoms with Gasteiger partial charge in [0.25, 0.3) is 5.91 Å². The molecule has 0 spiro atoms. The minimum absolute atomic E-state index is 0.0295. The number of nitrogens with zero attached hydrogens (tertiary/aromatic N) is 1. The molecule has 11 atom stereocenters. The molecule has 2 bridgehead atoms. The van der Waals surface area contributed by atoms with E-state index in [0.717, 1.165) is 18.9 Å². The summed E-state index contributed by atoms with van der Waals surface area (Å²) in [6, 6.07) is 28.6. The average molecular weight is 1090 g/mol. The number of Topliss-reactive ketones (excluding diaryl/α,β-unsaturated/α-hetero) is 1. The van der Waals surface area contributed by atoms with E-state index >= 15 is 9.59 Å². The molecule has 3 N–H and O–H groups in total. The lowest BCUT2D eigenvalue weighted by Gasteiger charge is -2.67. The molecule has 0 radical (unpaired) electrons. The van der Waals surface area contributed by atoms with Crippen molar-refractivity contribution in [1.29, 1.82) is 0 Å². The van der Waals surface area contributed by atoms with Gasteiger partial charge in [-0.25, -0.2) is 14.6 Å². The fraction of sp³-hybridized carbons (Fsp3) is 0.448. The molecule has 2 heterocycles. The first-order valence-electron chi connectivity index (χ1n) is 25.4. The Hall–Kier alpha value is -6.38. The Morgan fingerprint density at radius 2 is 1.47 bits per heavy atom. The summed E-state index contributed by atoms with van der Waals surface area (Å²) in [6.07, 6.45) is -8.79. The Morgan fingerprint density at radius 3 is 2.05 bits per heavy atom. The van der Waals surface area contributed by atoms with Gasteiger partial charge in [0.2, 0.25) is 6.10 Å². The third-order valence-electron chi connectivity index (χ3n) is 15.8. The summed E-state index contributed by atoms with van der Waals surface area (Å²) in [6.45, 7) is 11.3. The first-order chi connectivity index (χ1) is 36.5. The van der Waals surface area contributed by atoms with Crippen molar-refractivity contribution in [1.82, 2.24) is 10.3 Å². The summed E-state index contributed by atoms with van der Waals surface area (Å²) in [5, 5.41) is 30.0. The van der Waals surface area contributed by atoms with Crippen molar-refractivity contribution in [3.8, 4) is 0 Å². The number of pyridine rings is 1. The molecular formula is C58H64N2O15S2. The lowest BCUT2D eigenvalue weighted by molar-refractivity contribution is -0.346. The van der Waals surface area contributed by atoms with E-state index in [1.165, 1.54) is 47.6 Å². The number of aromatic nitrogens is 1. The number of esters is 5. The largest absolute Gasteiger partial charge is 0.455 e. The van der Waals surface area contributed by atoms with Gasteiger partial charge in [-0.1, -0.05) is 97.4 Å². The van der Waals surface area contributed by atoms with Gasteiger partial charge in [0.1, 0.15) is 35.0 Å². The smallest absolute Gasteiger partial charge is 0.350 e. The monoisotopic (exact) mass is 1090 g/mol. The fourth-order valence-electron chi connectivity index (χ4n) is 11.5. The number of aliphatic hydroxyl groups is 2. The molecule has 3 aliphatic carbocycles. The van der Waals surface area contributed by atoms with Crippen LogP contribution in [0, 0.1) is 22.2 Å². The Labute approximate surface area is 454 Å². The Morgan fingerprint density at radius 1 is 0.844 bits per heavy atom. The molecule has 1 amide bonds. The topological polar surface area (TPSA) is 240 Å². The third-order valence-corrected chi connectivity index (χ3v) is 18.1. The van der Waals surface area contributed by atoms with Crippen LogP contribution in [-0.2, 0) is 52.4 Å². The molecule has 3 fully saturated rings. The number of hydrogen-bond acceptors (Lipinski definition) is 18. The van der Waals surface area contributed by atoms with Crippen LogP contribution in [0.4, 0.5) is 0 Å². The molecule has 4 aromatic rings. The minimum atomic E-state index is -2.47. The van der Waals surface area contributed by atoms with Crippen molar-refractivity contribution in [2.75, 3.05) is 12.4 Å². The van der Waals surface area contributed by atoms with Crippen LogP contribution in [0.15, 0.2) is 132 Å². The number of aliphatic hydroxyl groups excluding tert-OH is 1. The maximum Gasteiger partial charge on any atom is 0.350 e. The zero-order chi connectivity index (χ0) is 55.7. The van der Waals surface area contributed by atoms with Gasteiger partial charge >= 0.3 is 29.8 Å². The zero-order valence-corrected chi connectivity index (χ0v) is 45.7. The normalized spacial score (nSPS) is 28.1. The Balaban J connectivity index is 1.26. The van der Waals surface area contributed by atoms with Crippen LogP contribution in [0.5, 0.6) is 0 Å². The second kappa shape index (κ2) is 22.5. The molecular weight excluding hydrogens is 1030 g/mol. The van der Waals surface area contributed by atoms with Crippen LogP contribution < -0.4 is 5.32 Å². The van der Waals surface area contributed by atoms with E-state index in [0.29, 0.717) is 11.3 Å². The highest BCUT2D eigenvalue weighted by Gasteiger charge is 2.78. The van der Waals surface area contributed by atoms with E-state index in [1.54, 1.807) is 113 Å². The summed E-state index contributed by atoms with van der Waals surface area (Å²) in [4.78, 5) is 106. The van der Waals surface area contributed by atoms with Crippen molar-refractivity contribution in [3.63, 3.8) is 0 Å². The first-order valence-corrected chi connectivity index (χ1v) is 27.7. The molecule has 1 aliphatic heterocycles. The average Bonchev–Trinajstić information content (AvgIpc) is 3.58. The number of benzene rings is 3. The highest BCUT2D eigenvalue weighted by atomic mass is 33.1. The van der Waals surface area contributed by atoms with Gasteiger partial charge in [-0.3, -0.25) is 24.0 Å². The molecule has 19 heteroatoms. The highest BCUT2D eigenvalue weighted by Crippen LogP contribution is 2.64. The van der Waals surface area contributed by atoms with Crippen molar-refractivity contribution in [2.24, 2.45) is 22.2 Å². The predicted octanol–water partition coefficient (Wildman–Crippen LogP) is 7.54. The van der Waals surface area contributed by atoms with E-state index in [-0.39, 0.29) is 41.7 Å². The molecule has 3 aromatic carbocycles. The van der Waals surface area contributed by atoms with E-state index in [2.05, 4.69) is 10.3 Å². The standard InChI is InChI=1S/C58H64N2O15S2/c1-33-39(72-52(67)46(73-53(68)54(4,5)27-29-76-77-42-26-18-19-28-59-42)44(36-20-12-9-13-21-36)60-50(65)37-22-14-10-15-23-37)31-58(69)49(74-51(66)38-24-16-11-17-25-38)47-56(8,40(63)30-41-57(47,32-70-41)75-35(3)62)48(64)45(71-34(2)61)43(33)55(58,6)7/h9-26,28,39-41,44-47,49,63,69H,27,29-32H2,1-8H3,(H,60,65)/t39-,40-,41+,44-,45+,46+,47-,49-,56+,57-,58+/m0/s1. The summed E-state index contributed by atoms with van der Waals surface area (Å²) < 4.78 is 37.4. The molecule has 2 saturated carbocycles. The van der Waals surface area contributed by atoms with Gasteiger partial charge in [-0.2, -0.15) is 0 Å². The second-order valence-electron chi connectivity index (χ2n) is 21.4. The van der Waals surface area contributed by atoms with Gasteiger partial charge < -0.3 is 44.0 Å². The van der Waals surface area contributed by atoms with Gasteiger partial charge in [-0.05, 0) is 98.0 Å². The maximum absolute atomic E-state index is 15.8. The lowest BCUT2D eigenvalue weighted by atomic mass is 9.44. The van der Waals surface area contributed by atoms with E-state index < -0.39 is 124 Å². The summed E-state index contributed by atoms with van der Waals surface area (Å²) in [5.74, 6) is -7.29. The Kier molecular flexibility index (Phi) is 16.6. The predicted molar refractivity (Wildman–Crippen MR) is 283 cm³/mol. The number of carbonyl (C=O) groups is 7. The van der Waals surface area contributed by atoms with Crippen LogP contribution in [-0.4, -0.2) is 117 Å². The number of nitrogens with one attached hydrogen (secondary N) is 1. The minimum Gasteiger partial charge on any atom is -0.455 e. The number of amides is 1. The first kappa shape index (κ1) is 56.8. The fourth-order valence-corrected chi connectivity index (χ4v) is 13.7. The van der Waals surface area contributed by atoms with E-state index in [1.807, 2.05) is 18.2 Å². The molecule has 1 aromatic heterocycles. The van der Waals surface area contributed by atoms with Gasteiger partial charge in [-0.15, -0.1) is 0 Å². The van der Waals surface area contributed by atoms with Crippen LogP contribution in [0.1, 0.15) is 107 Å². The molecule has 17 nitrogen and oxygen atoms in total. The van der Waals surface area contributed by atoms with Crippen molar-refractivity contribution in [2.45, 2.75) is 134 Å². The molecule has 8 rings (SSSR count). The van der Waals surface area contributed by atoms with Gasteiger partial charge in [0, 0.05) is 49.6 Å². The zero-order valence-electron chi connectivity index (χ0n) is 44.1. The highest BCUT2D eigenvalue weighted by molar-refractivity contribution is 8.76. The van der Waals surface area contributed by atoms with Crippen LogP contribution in [0.25, 0.3) is 0 Å². The van der Waals surface area contributed by atoms with Crippen molar-refractivity contribution < 1.29 is 72.2 Å². The summed E-state index contributed by atoms with van der Waals surface area (Å²) in [5.41, 5.74) is -8.59. The number of hydrogen-bond donors (Lipinski definition) is 3. The molecule has 408 valence electrons. The van der Waals surface area contributed by atoms with Gasteiger partial charge in [0.15, 0.2) is 17.5 Å². The molecule has 0 unspecified atom stereocenters. The number of ether oxygens (including phenoxy) is 6. The quantitative estimate of drug-likeness (QED) is 0.0304. The van der Waals surface area contributed by atoms with Crippen molar-refractivity contribution >= 4 is 63.1 Å². The molecule has 1 saturated heterocycles. The van der Waals surface area contributed by atoms with Crippen LogP contribution >= 0.6 is 21.6 Å². The number of rotatable bonds is 17. The van der Waals surface area contributed by atoms with Gasteiger partial charge in [0.05, 0.1) is 35.0 Å². The lowest BCUT2D eigenvalue weighted by Crippen LogP contribution is -2.82. The third kappa shape index (κ3) is 10.9. The van der Waals surface area contributed by atoms with Crippen LogP contribution in [0.2, 0.25) is 0 Å². The molecule has 77 heavy (non-hydrogen) atoms. The van der Waals surface area contributed by atoms with E-state index in [4.69, 9.17) is 28.4 Å². The SMILES string of the molecule is CC(=O)O[C@H]1C(=O)[C@@]2(C)[C@H]([C@H](OC(=O)c3ccccc3)[C@]3(O)C[C@H](OC(=O)[C@H](OC(=O)C(C)(C)CCSSc4ccccn4)[C@@H](NC(=O)c4ccccc4)c4ccccc4)C(C)=C1C3(C)C)[C@]1(OC(C)=O)CO[C@@H]1C[C@@H]2O. The number of ketones is 1. The summed E-state index contributed by atoms with van der Waals surface area (Å²) >= 11 is 0. The Bertz CT molecular complexity index is 2910. The number of fused-ring (bicyclic) bond motifs is 5. The second-order valence-corrected chi connectivity index (χ2v) is 23.9. The summed E-state index contributed by atoms with van der Waals surface area (Å²) in [7, 11) is 2.91. The van der Waals surface area contributed by atoms with E-state index in [9.17, 15) is 34.2 Å².